The molecule has 3 aromatic heterocycles. The molecule has 0 saturated carbocycles. The quantitative estimate of drug-likeness (QED) is 0.457. The molecule has 1 aliphatic rings. The fourth-order valence-electron chi connectivity index (χ4n) is 5.37. The van der Waals surface area contributed by atoms with Gasteiger partial charge in [0.25, 0.3) is 0 Å². The van der Waals surface area contributed by atoms with E-state index >= 15 is 0 Å². The summed E-state index contributed by atoms with van der Waals surface area (Å²) in [5.74, 6) is 1.05. The maximum Gasteiger partial charge on any atom is 0.239 e. The summed E-state index contributed by atoms with van der Waals surface area (Å²) in [5.41, 5.74) is 8.16. The highest BCUT2D eigenvalue weighted by Gasteiger charge is 2.27. The molecule has 1 saturated heterocycles. The summed E-state index contributed by atoms with van der Waals surface area (Å²) in [6.07, 6.45) is 5.67. The summed E-state index contributed by atoms with van der Waals surface area (Å²) in [6.45, 7) is 10.2. The topological polar surface area (TPSA) is 78.3 Å². The second-order valence-corrected chi connectivity index (χ2v) is 9.92. The van der Waals surface area contributed by atoms with Gasteiger partial charge in [-0.1, -0.05) is 19.9 Å². The lowest BCUT2D eigenvalue weighted by Crippen LogP contribution is -2.46. The molecule has 34 heavy (non-hydrogen) atoms. The van der Waals surface area contributed by atoms with Gasteiger partial charge in [0, 0.05) is 35.8 Å². The lowest BCUT2D eigenvalue weighted by Gasteiger charge is -2.33. The van der Waals surface area contributed by atoms with Crippen molar-refractivity contribution >= 4 is 22.5 Å². The summed E-state index contributed by atoms with van der Waals surface area (Å²) < 4.78 is 1.86. The van der Waals surface area contributed by atoms with Crippen molar-refractivity contribution < 1.29 is 4.79 Å². The van der Waals surface area contributed by atoms with Gasteiger partial charge in [-0.25, -0.2) is 9.50 Å². The van der Waals surface area contributed by atoms with E-state index in [9.17, 15) is 4.79 Å². The molecule has 0 aliphatic carbocycles. The Balaban J connectivity index is 1.48. The van der Waals surface area contributed by atoms with Crippen LogP contribution in [0, 0.1) is 6.92 Å². The number of nitrogens with zero attached hydrogens (tertiary/aromatic N) is 4. The van der Waals surface area contributed by atoms with Gasteiger partial charge in [0.2, 0.25) is 5.91 Å². The lowest BCUT2D eigenvalue weighted by atomic mass is 9.87. The first-order valence-electron chi connectivity index (χ1n) is 12.3. The second kappa shape index (κ2) is 8.87. The van der Waals surface area contributed by atoms with Gasteiger partial charge in [-0.05, 0) is 80.5 Å². The fraction of sp³-hybridized carbons (Fsp3) is 0.444. The number of aryl methyl sites for hydroxylation is 1. The molecule has 0 radical (unpaired) electrons. The minimum atomic E-state index is -0.125. The Morgan fingerprint density at radius 2 is 1.94 bits per heavy atom. The number of hydrogen-bond donors (Lipinski definition) is 2. The van der Waals surface area contributed by atoms with E-state index in [1.54, 1.807) is 6.33 Å². The summed E-state index contributed by atoms with van der Waals surface area (Å²) in [6, 6.07) is 8.93. The molecule has 4 aromatic rings. The molecular weight excluding hydrogens is 424 g/mol. The second-order valence-electron chi connectivity index (χ2n) is 9.92. The van der Waals surface area contributed by atoms with Crippen molar-refractivity contribution in [3.8, 4) is 11.3 Å². The highest BCUT2D eigenvalue weighted by Crippen LogP contribution is 2.38. The number of carbonyl (C=O) groups excluding carboxylic acids is 1. The summed E-state index contributed by atoms with van der Waals surface area (Å²) in [4.78, 5) is 22.6. The van der Waals surface area contributed by atoms with Crippen LogP contribution in [0.5, 0.6) is 0 Å². The molecule has 7 nitrogen and oxygen atoms in total. The van der Waals surface area contributed by atoms with Gasteiger partial charge in [0.15, 0.2) is 5.65 Å². The minimum absolute atomic E-state index is 0.125. The number of piperidine rings is 1. The van der Waals surface area contributed by atoms with Crippen molar-refractivity contribution in [3.63, 3.8) is 0 Å². The van der Waals surface area contributed by atoms with Crippen LogP contribution in [0.2, 0.25) is 0 Å². The van der Waals surface area contributed by atoms with E-state index < -0.39 is 0 Å². The van der Waals surface area contributed by atoms with Gasteiger partial charge in [0.05, 0.1) is 11.7 Å². The summed E-state index contributed by atoms with van der Waals surface area (Å²) >= 11 is 0. The van der Waals surface area contributed by atoms with Gasteiger partial charge >= 0.3 is 0 Å². The first-order chi connectivity index (χ1) is 16.4. The van der Waals surface area contributed by atoms with Crippen molar-refractivity contribution in [2.45, 2.75) is 58.4 Å². The zero-order valence-corrected chi connectivity index (χ0v) is 20.7. The normalized spacial score (nSPS) is 16.1. The molecule has 1 unspecified atom stereocenters. The Bertz CT molecular complexity index is 1340. The van der Waals surface area contributed by atoms with Crippen LogP contribution in [-0.2, 0) is 4.79 Å². The van der Waals surface area contributed by atoms with E-state index in [0.29, 0.717) is 11.8 Å². The van der Waals surface area contributed by atoms with E-state index in [1.807, 2.05) is 23.4 Å². The predicted molar refractivity (Wildman–Crippen MR) is 136 cm³/mol. The Hall–Kier alpha value is -3.19. The number of nitrogens with one attached hydrogen (secondary N) is 2. The van der Waals surface area contributed by atoms with Crippen molar-refractivity contribution in [2.75, 3.05) is 20.1 Å². The van der Waals surface area contributed by atoms with E-state index in [1.165, 1.54) is 16.5 Å². The molecule has 1 amide bonds. The smallest absolute Gasteiger partial charge is 0.239 e. The molecular formula is C27H34N6O. The van der Waals surface area contributed by atoms with Gasteiger partial charge in [0.1, 0.15) is 6.33 Å². The number of rotatable bonds is 5. The number of benzene rings is 1. The molecule has 4 heterocycles. The molecule has 1 fully saturated rings. The average Bonchev–Trinajstić information content (AvgIpc) is 3.47. The minimum Gasteiger partial charge on any atom is -0.354 e. The van der Waals surface area contributed by atoms with Crippen molar-refractivity contribution in [1.29, 1.82) is 0 Å². The predicted octanol–water partition coefficient (Wildman–Crippen LogP) is 4.62. The third kappa shape index (κ3) is 3.88. The van der Waals surface area contributed by atoms with Gasteiger partial charge < -0.3 is 15.2 Å². The number of fused-ring (bicyclic) bond motifs is 2. The zero-order valence-electron chi connectivity index (χ0n) is 20.7. The highest BCUT2D eigenvalue weighted by molar-refractivity contribution is 5.92. The SMILES string of the molecule is CNC(C)C(=O)N1CCC(c2ccc3[nH]c(-c4cc(C)c5ncnn5c4)c(C(C)C)c3c2)CC1. The van der Waals surface area contributed by atoms with Crippen LogP contribution in [0.15, 0.2) is 36.8 Å². The van der Waals surface area contributed by atoms with Crippen molar-refractivity contribution in [3.05, 3.63) is 53.5 Å². The average molecular weight is 459 g/mol. The van der Waals surface area contributed by atoms with Crippen molar-refractivity contribution in [1.82, 2.24) is 29.8 Å². The number of pyridine rings is 1. The molecule has 7 heteroatoms. The molecule has 1 atom stereocenters. The van der Waals surface area contributed by atoms with Gasteiger partial charge in [-0.3, -0.25) is 4.79 Å². The molecule has 1 aromatic carbocycles. The Morgan fingerprint density at radius 3 is 2.65 bits per heavy atom. The number of aromatic amines is 1. The number of H-pyrrole nitrogens is 1. The molecule has 0 bridgehead atoms. The first-order valence-corrected chi connectivity index (χ1v) is 12.3. The summed E-state index contributed by atoms with van der Waals surface area (Å²) in [5, 5.41) is 8.72. The number of aromatic nitrogens is 4. The highest BCUT2D eigenvalue weighted by atomic mass is 16.2. The van der Waals surface area contributed by atoms with E-state index in [2.05, 4.69) is 71.6 Å². The van der Waals surface area contributed by atoms with Gasteiger partial charge in [-0.15, -0.1) is 0 Å². The standard InChI is InChI=1S/C27H34N6O/c1-16(2)24-22-13-20(19-8-10-32(11-9-19)27(34)18(4)28-5)6-7-23(22)31-25(24)21-12-17(3)26-29-15-30-33(26)14-21/h6-7,12-16,18-19,28,31H,8-11H2,1-5H3. The van der Waals surface area contributed by atoms with E-state index in [-0.39, 0.29) is 11.9 Å². The van der Waals surface area contributed by atoms with Crippen molar-refractivity contribution in [2.24, 2.45) is 0 Å². The number of likely N-dealkylation sites (tertiary alicyclic amines) is 1. The Morgan fingerprint density at radius 1 is 1.18 bits per heavy atom. The van der Waals surface area contributed by atoms with Crippen LogP contribution in [0.25, 0.3) is 27.8 Å². The van der Waals surface area contributed by atoms with Crippen LogP contribution in [0.4, 0.5) is 0 Å². The van der Waals surface area contributed by atoms with Crippen LogP contribution < -0.4 is 5.32 Å². The van der Waals surface area contributed by atoms with Gasteiger partial charge in [-0.2, -0.15) is 5.10 Å². The third-order valence-electron chi connectivity index (χ3n) is 7.37. The third-order valence-corrected chi connectivity index (χ3v) is 7.37. The van der Waals surface area contributed by atoms with Crippen LogP contribution in [-0.4, -0.2) is 56.6 Å². The van der Waals surface area contributed by atoms with Crippen LogP contribution in [0.3, 0.4) is 0 Å². The maximum absolute atomic E-state index is 12.5. The Kier molecular flexibility index (Phi) is 5.90. The van der Waals surface area contributed by atoms with E-state index in [4.69, 9.17) is 0 Å². The fourth-order valence-corrected chi connectivity index (χ4v) is 5.37. The van der Waals surface area contributed by atoms with E-state index in [0.717, 1.165) is 53.9 Å². The monoisotopic (exact) mass is 458 g/mol. The molecule has 178 valence electrons. The number of hydrogen-bond acceptors (Lipinski definition) is 4. The van der Waals surface area contributed by atoms with Crippen LogP contribution >= 0.6 is 0 Å². The number of likely N-dealkylation sites (N-methyl/N-ethyl adjacent to an activating group) is 1. The molecule has 2 N–H and O–H groups in total. The number of amides is 1. The van der Waals surface area contributed by atoms with Crippen LogP contribution in [0.1, 0.15) is 62.1 Å². The largest absolute Gasteiger partial charge is 0.354 e. The number of carbonyl (C=O) groups is 1. The first kappa shape index (κ1) is 22.6. The molecule has 1 aliphatic heterocycles. The zero-order chi connectivity index (χ0) is 24.0. The Labute approximate surface area is 200 Å². The maximum atomic E-state index is 12.5. The molecule has 0 spiro atoms. The summed E-state index contributed by atoms with van der Waals surface area (Å²) in [7, 11) is 1.84. The lowest BCUT2D eigenvalue weighted by molar-refractivity contribution is -0.133. The molecule has 5 rings (SSSR count).